The van der Waals surface area contributed by atoms with Crippen molar-refractivity contribution in [2.24, 2.45) is 0 Å². The molecule has 1 fully saturated rings. The SMILES string of the molecule is Cc1ccc(C(C)(C)C)cc1/C(O)=C1\C(=O)C(=O)N(CCOC(C)C)C1c1ccc(Cl)cc1. The zero-order valence-corrected chi connectivity index (χ0v) is 20.9. The number of aliphatic hydroxyl groups is 1. The molecule has 0 aliphatic carbocycles. The summed E-state index contributed by atoms with van der Waals surface area (Å²) in [5.41, 5.74) is 3.05. The zero-order valence-electron chi connectivity index (χ0n) is 20.1. The van der Waals surface area contributed by atoms with Crippen LogP contribution in [-0.4, -0.2) is 41.0 Å². The maximum absolute atomic E-state index is 13.2. The Morgan fingerprint density at radius 3 is 2.33 bits per heavy atom. The van der Waals surface area contributed by atoms with Crippen LogP contribution in [0.2, 0.25) is 5.02 Å². The number of carbonyl (C=O) groups is 2. The van der Waals surface area contributed by atoms with E-state index >= 15 is 0 Å². The third-order valence-electron chi connectivity index (χ3n) is 5.87. The number of aliphatic hydroxyl groups excluding tert-OH is 1. The van der Waals surface area contributed by atoms with Gasteiger partial charge in [-0.25, -0.2) is 0 Å². The first kappa shape index (κ1) is 25.0. The van der Waals surface area contributed by atoms with Crippen molar-refractivity contribution in [2.45, 2.75) is 59.1 Å². The molecule has 1 atom stereocenters. The number of aryl methyl sites for hydroxylation is 1. The average molecular weight is 470 g/mol. The minimum Gasteiger partial charge on any atom is -0.507 e. The molecule has 0 radical (unpaired) electrons. The van der Waals surface area contributed by atoms with Gasteiger partial charge in [0.2, 0.25) is 0 Å². The van der Waals surface area contributed by atoms with E-state index in [1.54, 1.807) is 24.3 Å². The lowest BCUT2D eigenvalue weighted by Crippen LogP contribution is -2.33. The van der Waals surface area contributed by atoms with Gasteiger partial charge in [0.05, 0.1) is 24.3 Å². The fraction of sp³-hybridized carbons (Fsp3) is 0.407. The van der Waals surface area contributed by atoms with Crippen LogP contribution in [-0.2, 0) is 19.7 Å². The first-order chi connectivity index (χ1) is 15.4. The van der Waals surface area contributed by atoms with Crippen LogP contribution in [0.4, 0.5) is 0 Å². The van der Waals surface area contributed by atoms with E-state index in [0.29, 0.717) is 16.1 Å². The Balaban J connectivity index is 2.17. The molecule has 2 aromatic carbocycles. The van der Waals surface area contributed by atoms with Gasteiger partial charge in [-0.05, 0) is 61.1 Å². The highest BCUT2D eigenvalue weighted by atomic mass is 35.5. The summed E-state index contributed by atoms with van der Waals surface area (Å²) in [6.07, 6.45) is -0.00130. The summed E-state index contributed by atoms with van der Waals surface area (Å²) < 4.78 is 5.64. The van der Waals surface area contributed by atoms with Gasteiger partial charge in [0.15, 0.2) is 0 Å². The summed E-state index contributed by atoms with van der Waals surface area (Å²) >= 11 is 6.08. The molecule has 1 saturated heterocycles. The Hall–Kier alpha value is -2.63. The van der Waals surface area contributed by atoms with Gasteiger partial charge in [-0.3, -0.25) is 9.59 Å². The van der Waals surface area contributed by atoms with Crippen LogP contribution >= 0.6 is 11.6 Å². The van der Waals surface area contributed by atoms with E-state index in [-0.39, 0.29) is 36.0 Å². The van der Waals surface area contributed by atoms with Crippen LogP contribution in [0.15, 0.2) is 48.0 Å². The Morgan fingerprint density at radius 2 is 1.76 bits per heavy atom. The summed E-state index contributed by atoms with van der Waals surface area (Å²) in [5.74, 6) is -1.50. The third-order valence-corrected chi connectivity index (χ3v) is 6.12. The van der Waals surface area contributed by atoms with Gasteiger partial charge in [0, 0.05) is 17.1 Å². The number of nitrogens with zero attached hydrogens (tertiary/aromatic N) is 1. The number of benzene rings is 2. The molecule has 0 bridgehead atoms. The Kier molecular flexibility index (Phi) is 7.35. The molecule has 33 heavy (non-hydrogen) atoms. The number of ether oxygens (including phenoxy) is 1. The lowest BCUT2D eigenvalue weighted by molar-refractivity contribution is -0.140. The molecule has 1 N–H and O–H groups in total. The summed E-state index contributed by atoms with van der Waals surface area (Å²) in [4.78, 5) is 27.7. The Morgan fingerprint density at radius 1 is 1.12 bits per heavy atom. The van der Waals surface area contributed by atoms with Crippen molar-refractivity contribution in [3.8, 4) is 0 Å². The van der Waals surface area contributed by atoms with Crippen molar-refractivity contribution in [3.05, 3.63) is 75.3 Å². The quantitative estimate of drug-likeness (QED) is 0.330. The maximum atomic E-state index is 13.2. The van der Waals surface area contributed by atoms with Crippen molar-refractivity contribution in [1.29, 1.82) is 0 Å². The first-order valence-corrected chi connectivity index (χ1v) is 11.6. The number of halogens is 1. The molecule has 5 nitrogen and oxygen atoms in total. The molecule has 176 valence electrons. The molecule has 1 heterocycles. The topological polar surface area (TPSA) is 66.8 Å². The number of Topliss-reactive ketones (excluding diaryl/α,β-unsaturated/α-hetero) is 1. The van der Waals surface area contributed by atoms with Gasteiger partial charge >= 0.3 is 0 Å². The maximum Gasteiger partial charge on any atom is 0.295 e. The monoisotopic (exact) mass is 469 g/mol. The predicted octanol–water partition coefficient (Wildman–Crippen LogP) is 5.79. The number of likely N-dealkylation sites (tertiary alicyclic amines) is 1. The molecule has 1 aliphatic rings. The van der Waals surface area contributed by atoms with Crippen molar-refractivity contribution < 1.29 is 19.4 Å². The van der Waals surface area contributed by atoms with Gasteiger partial charge in [0.1, 0.15) is 5.76 Å². The number of ketones is 1. The van der Waals surface area contributed by atoms with Gasteiger partial charge in [-0.15, -0.1) is 0 Å². The second-order valence-corrected chi connectivity index (χ2v) is 10.2. The normalized spacial score (nSPS) is 18.4. The minimum absolute atomic E-state index is 0.00130. The van der Waals surface area contributed by atoms with E-state index < -0.39 is 17.7 Å². The molecule has 3 rings (SSSR count). The summed E-state index contributed by atoms with van der Waals surface area (Å²) in [7, 11) is 0. The molecule has 2 aromatic rings. The van der Waals surface area contributed by atoms with E-state index in [4.69, 9.17) is 16.3 Å². The van der Waals surface area contributed by atoms with E-state index in [0.717, 1.165) is 11.1 Å². The zero-order chi connectivity index (χ0) is 24.5. The predicted molar refractivity (Wildman–Crippen MR) is 131 cm³/mol. The van der Waals surface area contributed by atoms with Crippen LogP contribution in [0.5, 0.6) is 0 Å². The lowest BCUT2D eigenvalue weighted by Gasteiger charge is -2.26. The van der Waals surface area contributed by atoms with Crippen LogP contribution in [0.3, 0.4) is 0 Å². The summed E-state index contributed by atoms with van der Waals surface area (Å²) in [5, 5.41) is 12.0. The van der Waals surface area contributed by atoms with Crippen LogP contribution in [0.1, 0.15) is 62.9 Å². The van der Waals surface area contributed by atoms with Crippen LogP contribution in [0, 0.1) is 6.92 Å². The van der Waals surface area contributed by atoms with Crippen molar-refractivity contribution >= 4 is 29.1 Å². The highest BCUT2D eigenvalue weighted by Gasteiger charge is 2.46. The van der Waals surface area contributed by atoms with Gasteiger partial charge < -0.3 is 14.7 Å². The second-order valence-electron chi connectivity index (χ2n) is 9.74. The highest BCUT2D eigenvalue weighted by Crippen LogP contribution is 2.40. The van der Waals surface area contributed by atoms with Gasteiger partial charge in [0.25, 0.3) is 11.7 Å². The second kappa shape index (κ2) is 9.70. The van der Waals surface area contributed by atoms with Gasteiger partial charge in [-0.2, -0.15) is 0 Å². The molecule has 0 spiro atoms. The molecule has 1 unspecified atom stereocenters. The van der Waals surface area contributed by atoms with E-state index in [2.05, 4.69) is 20.8 Å². The van der Waals surface area contributed by atoms with Crippen LogP contribution < -0.4 is 0 Å². The van der Waals surface area contributed by atoms with E-state index in [9.17, 15) is 14.7 Å². The molecule has 6 heteroatoms. The Bertz CT molecular complexity index is 1080. The minimum atomic E-state index is -0.726. The number of hydrogen-bond acceptors (Lipinski definition) is 4. The average Bonchev–Trinajstić information content (AvgIpc) is 2.98. The molecular formula is C27H32ClNO4. The fourth-order valence-electron chi connectivity index (χ4n) is 3.98. The Labute approximate surface area is 201 Å². The van der Waals surface area contributed by atoms with E-state index in [1.165, 1.54) is 4.90 Å². The third kappa shape index (κ3) is 5.31. The van der Waals surface area contributed by atoms with Crippen molar-refractivity contribution in [3.63, 3.8) is 0 Å². The summed E-state index contributed by atoms with van der Waals surface area (Å²) in [6.45, 7) is 12.5. The number of amides is 1. The molecule has 0 aromatic heterocycles. The van der Waals surface area contributed by atoms with E-state index in [1.807, 2.05) is 39.0 Å². The first-order valence-electron chi connectivity index (χ1n) is 11.2. The number of hydrogen-bond donors (Lipinski definition) is 1. The molecular weight excluding hydrogens is 438 g/mol. The van der Waals surface area contributed by atoms with Crippen molar-refractivity contribution in [2.75, 3.05) is 13.2 Å². The molecule has 1 aliphatic heterocycles. The number of carbonyl (C=O) groups excluding carboxylic acids is 2. The van der Waals surface area contributed by atoms with Crippen LogP contribution in [0.25, 0.3) is 5.76 Å². The van der Waals surface area contributed by atoms with Gasteiger partial charge in [-0.1, -0.05) is 56.6 Å². The summed E-state index contributed by atoms with van der Waals surface area (Å²) in [6, 6.07) is 12.1. The number of rotatable bonds is 6. The molecule has 0 saturated carbocycles. The van der Waals surface area contributed by atoms with Crippen molar-refractivity contribution in [1.82, 2.24) is 4.90 Å². The highest BCUT2D eigenvalue weighted by molar-refractivity contribution is 6.46. The smallest absolute Gasteiger partial charge is 0.295 e. The fourth-order valence-corrected chi connectivity index (χ4v) is 4.10. The largest absolute Gasteiger partial charge is 0.507 e. The standard InChI is InChI=1S/C27H32ClNO4/c1-16(2)33-14-13-29-23(18-8-11-20(28)12-9-18)22(25(31)26(29)32)24(30)21-15-19(27(4,5)6)10-7-17(21)3/h7-12,15-16,23,30H,13-14H2,1-6H3/b24-22+. The lowest BCUT2D eigenvalue weighted by atomic mass is 9.84. The molecule has 1 amide bonds.